The van der Waals surface area contributed by atoms with Crippen LogP contribution < -0.4 is 5.32 Å². The lowest BCUT2D eigenvalue weighted by Gasteiger charge is -2.22. The molecule has 0 aromatic heterocycles. The van der Waals surface area contributed by atoms with Gasteiger partial charge in [-0.25, -0.2) is 9.59 Å². The number of carbonyl (C=O) groups is 2. The zero-order valence-electron chi connectivity index (χ0n) is 14.9. The second kappa shape index (κ2) is 8.30. The van der Waals surface area contributed by atoms with E-state index in [1.165, 1.54) is 12.1 Å². The van der Waals surface area contributed by atoms with Gasteiger partial charge in [0, 0.05) is 0 Å². The number of esters is 1. The van der Waals surface area contributed by atoms with Crippen LogP contribution in [0.3, 0.4) is 0 Å². The molecule has 0 fully saturated rings. The predicted molar refractivity (Wildman–Crippen MR) is 89.5 cm³/mol. The van der Waals surface area contributed by atoms with E-state index in [0.29, 0.717) is 0 Å². The summed E-state index contributed by atoms with van der Waals surface area (Å²) in [5, 5.41) is 2.23. The normalized spacial score (nSPS) is 13.0. The average Bonchev–Trinajstić information content (AvgIpc) is 2.49. The SMILES string of the molecule is COC(=O)[C@@H](COS(=O)(=O)c1ccc(C)cc1)NC(=O)OC(C)(C)C. The first-order chi connectivity index (χ1) is 11.4. The number of aryl methyl sites for hydroxylation is 1. The Bertz CT molecular complexity index is 705. The molecule has 0 saturated heterocycles. The van der Waals surface area contributed by atoms with Gasteiger partial charge in [-0.15, -0.1) is 0 Å². The van der Waals surface area contributed by atoms with Gasteiger partial charge in [0.05, 0.1) is 18.6 Å². The van der Waals surface area contributed by atoms with Crippen molar-refractivity contribution in [3.05, 3.63) is 29.8 Å². The molecule has 0 radical (unpaired) electrons. The van der Waals surface area contributed by atoms with Gasteiger partial charge in [-0.2, -0.15) is 8.42 Å². The minimum atomic E-state index is -4.08. The molecule has 9 heteroatoms. The maximum absolute atomic E-state index is 12.2. The second-order valence-electron chi connectivity index (χ2n) is 6.27. The molecule has 1 N–H and O–H groups in total. The first-order valence-corrected chi connectivity index (χ1v) is 8.89. The lowest BCUT2D eigenvalue weighted by Crippen LogP contribution is -2.46. The lowest BCUT2D eigenvalue weighted by molar-refractivity contribution is -0.143. The Morgan fingerprint density at radius 3 is 2.20 bits per heavy atom. The van der Waals surface area contributed by atoms with Gasteiger partial charge in [-0.05, 0) is 39.8 Å². The summed E-state index contributed by atoms with van der Waals surface area (Å²) in [6, 6.07) is 4.68. The van der Waals surface area contributed by atoms with E-state index in [2.05, 4.69) is 10.1 Å². The summed E-state index contributed by atoms with van der Waals surface area (Å²) in [6.45, 7) is 6.14. The number of amides is 1. The Hall–Kier alpha value is -2.13. The number of hydrogen-bond acceptors (Lipinski definition) is 7. The molecule has 0 aliphatic rings. The fraction of sp³-hybridized carbons (Fsp3) is 0.500. The van der Waals surface area contributed by atoms with Gasteiger partial charge in [-0.3, -0.25) is 4.18 Å². The van der Waals surface area contributed by atoms with Crippen molar-refractivity contribution >= 4 is 22.2 Å². The van der Waals surface area contributed by atoms with Crippen LogP contribution >= 0.6 is 0 Å². The topological polar surface area (TPSA) is 108 Å². The fourth-order valence-corrected chi connectivity index (χ4v) is 2.61. The van der Waals surface area contributed by atoms with E-state index in [4.69, 9.17) is 8.92 Å². The smallest absolute Gasteiger partial charge is 0.408 e. The van der Waals surface area contributed by atoms with Crippen LogP contribution in [-0.4, -0.2) is 45.8 Å². The molecule has 0 bridgehead atoms. The van der Waals surface area contributed by atoms with Crippen LogP contribution in [0.1, 0.15) is 26.3 Å². The third-order valence-electron chi connectivity index (χ3n) is 2.88. The van der Waals surface area contributed by atoms with Crippen molar-refractivity contribution in [3.8, 4) is 0 Å². The molecule has 140 valence electrons. The Balaban J connectivity index is 2.80. The van der Waals surface area contributed by atoms with Crippen LogP contribution in [0.15, 0.2) is 29.2 Å². The average molecular weight is 373 g/mol. The third kappa shape index (κ3) is 7.10. The minimum Gasteiger partial charge on any atom is -0.467 e. The van der Waals surface area contributed by atoms with Crippen LogP contribution in [0.25, 0.3) is 0 Å². The number of nitrogens with one attached hydrogen (secondary N) is 1. The van der Waals surface area contributed by atoms with E-state index in [-0.39, 0.29) is 4.90 Å². The van der Waals surface area contributed by atoms with E-state index in [1.807, 2.05) is 6.92 Å². The van der Waals surface area contributed by atoms with Gasteiger partial charge in [-0.1, -0.05) is 17.7 Å². The summed E-state index contributed by atoms with van der Waals surface area (Å²) in [5.41, 5.74) is 0.109. The molecule has 1 aromatic rings. The summed E-state index contributed by atoms with van der Waals surface area (Å²) in [5.74, 6) is -0.857. The standard InChI is InChI=1S/C16H23NO7S/c1-11-6-8-12(9-7-11)25(20,21)23-10-13(14(18)22-5)17-15(19)24-16(2,3)4/h6-9,13H,10H2,1-5H3,(H,17,19)/t13-/m1/s1. The molecular formula is C16H23NO7S. The predicted octanol–water partition coefficient (Wildman–Crippen LogP) is 1.77. The largest absolute Gasteiger partial charge is 0.467 e. The molecule has 0 unspecified atom stereocenters. The Kier molecular flexibility index (Phi) is 6.95. The Morgan fingerprint density at radius 2 is 1.72 bits per heavy atom. The first kappa shape index (κ1) is 20.9. The van der Waals surface area contributed by atoms with E-state index < -0.39 is 40.4 Å². The molecule has 0 aliphatic heterocycles. The van der Waals surface area contributed by atoms with Crippen molar-refractivity contribution in [1.82, 2.24) is 5.32 Å². The summed E-state index contributed by atoms with van der Waals surface area (Å²) in [7, 11) is -2.97. The van der Waals surface area contributed by atoms with Crippen molar-refractivity contribution in [2.45, 2.75) is 44.2 Å². The Labute approximate surface area is 147 Å². The number of rotatable bonds is 6. The number of benzene rings is 1. The van der Waals surface area contributed by atoms with Gasteiger partial charge >= 0.3 is 12.1 Å². The van der Waals surface area contributed by atoms with Crippen LogP contribution in [0.4, 0.5) is 4.79 Å². The van der Waals surface area contributed by atoms with Crippen molar-refractivity contribution in [3.63, 3.8) is 0 Å². The monoisotopic (exact) mass is 373 g/mol. The van der Waals surface area contributed by atoms with E-state index >= 15 is 0 Å². The van der Waals surface area contributed by atoms with Gasteiger partial charge in [0.2, 0.25) is 0 Å². The van der Waals surface area contributed by atoms with Gasteiger partial charge < -0.3 is 14.8 Å². The van der Waals surface area contributed by atoms with Crippen molar-refractivity contribution in [1.29, 1.82) is 0 Å². The zero-order chi connectivity index (χ0) is 19.3. The Morgan fingerprint density at radius 1 is 1.16 bits per heavy atom. The summed E-state index contributed by atoms with van der Waals surface area (Å²) in [6.07, 6.45) is -0.890. The van der Waals surface area contributed by atoms with Crippen LogP contribution in [0, 0.1) is 6.92 Å². The van der Waals surface area contributed by atoms with E-state index in [0.717, 1.165) is 12.7 Å². The molecule has 1 atom stereocenters. The number of ether oxygens (including phenoxy) is 2. The van der Waals surface area contributed by atoms with E-state index in [9.17, 15) is 18.0 Å². The highest BCUT2D eigenvalue weighted by Gasteiger charge is 2.28. The molecule has 1 amide bonds. The van der Waals surface area contributed by atoms with E-state index in [1.54, 1.807) is 32.9 Å². The maximum atomic E-state index is 12.2. The fourth-order valence-electron chi connectivity index (χ4n) is 1.69. The summed E-state index contributed by atoms with van der Waals surface area (Å²) in [4.78, 5) is 23.5. The van der Waals surface area contributed by atoms with Crippen LogP contribution in [0.2, 0.25) is 0 Å². The van der Waals surface area contributed by atoms with Gasteiger partial charge in [0.1, 0.15) is 5.60 Å². The van der Waals surface area contributed by atoms with Crippen molar-refractivity contribution in [2.24, 2.45) is 0 Å². The second-order valence-corrected chi connectivity index (χ2v) is 7.89. The van der Waals surface area contributed by atoms with Crippen LogP contribution in [-0.2, 0) is 28.6 Å². The molecule has 8 nitrogen and oxygen atoms in total. The third-order valence-corrected chi connectivity index (χ3v) is 4.17. The van der Waals surface area contributed by atoms with Gasteiger partial charge in [0.25, 0.3) is 10.1 Å². The highest BCUT2D eigenvalue weighted by atomic mass is 32.2. The molecule has 25 heavy (non-hydrogen) atoms. The quantitative estimate of drug-likeness (QED) is 0.598. The number of carbonyl (C=O) groups excluding carboxylic acids is 2. The molecule has 0 heterocycles. The van der Waals surface area contributed by atoms with Crippen molar-refractivity contribution < 1.29 is 31.7 Å². The first-order valence-electron chi connectivity index (χ1n) is 7.48. The molecule has 0 aliphatic carbocycles. The minimum absolute atomic E-state index is 0.0565. The van der Waals surface area contributed by atoms with Gasteiger partial charge in [0.15, 0.2) is 6.04 Å². The lowest BCUT2D eigenvalue weighted by atomic mass is 10.2. The molecule has 0 saturated carbocycles. The number of hydrogen-bond donors (Lipinski definition) is 1. The maximum Gasteiger partial charge on any atom is 0.408 e. The number of alkyl carbamates (subject to hydrolysis) is 1. The molecular weight excluding hydrogens is 350 g/mol. The summed E-state index contributed by atoms with van der Waals surface area (Å²) >= 11 is 0. The number of methoxy groups -OCH3 is 1. The van der Waals surface area contributed by atoms with Crippen molar-refractivity contribution in [2.75, 3.05) is 13.7 Å². The molecule has 1 rings (SSSR count). The highest BCUT2D eigenvalue weighted by molar-refractivity contribution is 7.86. The molecule has 1 aromatic carbocycles. The summed E-state index contributed by atoms with van der Waals surface area (Å²) < 4.78 is 38.8. The van der Waals surface area contributed by atoms with Crippen LogP contribution in [0.5, 0.6) is 0 Å². The highest BCUT2D eigenvalue weighted by Crippen LogP contribution is 2.14. The zero-order valence-corrected chi connectivity index (χ0v) is 15.7. The molecule has 0 spiro atoms.